The highest BCUT2D eigenvalue weighted by Crippen LogP contribution is 2.22. The van der Waals surface area contributed by atoms with Crippen molar-refractivity contribution in [3.05, 3.63) is 75.8 Å². The Morgan fingerprint density at radius 3 is 2.52 bits per heavy atom. The topological polar surface area (TPSA) is 66.9 Å². The predicted octanol–water partition coefficient (Wildman–Crippen LogP) is 5.19. The normalized spacial score (nSPS) is 10.6. The molecular formula is C20H18ClFN4O. The van der Waals surface area contributed by atoms with E-state index in [0.29, 0.717) is 11.4 Å². The lowest BCUT2D eigenvalue weighted by Gasteiger charge is -2.11. The molecule has 0 spiro atoms. The summed E-state index contributed by atoms with van der Waals surface area (Å²) in [4.78, 5) is 21.1. The van der Waals surface area contributed by atoms with Crippen molar-refractivity contribution in [1.29, 1.82) is 0 Å². The second kappa shape index (κ2) is 7.72. The molecule has 0 radical (unpaired) electrons. The molecule has 5 nitrogen and oxygen atoms in total. The maximum Gasteiger partial charge on any atom is 0.274 e. The first-order chi connectivity index (χ1) is 12.8. The molecule has 0 aliphatic carbocycles. The number of carbonyl (C=O) groups is 1. The minimum atomic E-state index is -0.513. The number of amides is 1. The van der Waals surface area contributed by atoms with Crippen molar-refractivity contribution in [2.45, 2.75) is 20.8 Å². The van der Waals surface area contributed by atoms with Crippen LogP contribution in [0.5, 0.6) is 0 Å². The van der Waals surface area contributed by atoms with Crippen LogP contribution in [0.25, 0.3) is 0 Å². The summed E-state index contributed by atoms with van der Waals surface area (Å²) in [5.41, 5.74) is 4.17. The van der Waals surface area contributed by atoms with Crippen LogP contribution in [-0.2, 0) is 0 Å². The second-order valence-corrected chi connectivity index (χ2v) is 6.65. The lowest BCUT2D eigenvalue weighted by Crippen LogP contribution is -2.16. The smallest absolute Gasteiger partial charge is 0.274 e. The molecule has 2 N–H and O–H groups in total. The molecule has 3 aromatic rings. The molecule has 1 aromatic heterocycles. The number of hydrogen-bond acceptors (Lipinski definition) is 4. The van der Waals surface area contributed by atoms with Crippen molar-refractivity contribution < 1.29 is 9.18 Å². The lowest BCUT2D eigenvalue weighted by atomic mass is 10.1. The lowest BCUT2D eigenvalue weighted by molar-refractivity contribution is 0.102. The summed E-state index contributed by atoms with van der Waals surface area (Å²) < 4.78 is 13.3. The zero-order valence-electron chi connectivity index (χ0n) is 15.1. The monoisotopic (exact) mass is 384 g/mol. The summed E-state index contributed by atoms with van der Waals surface area (Å²) in [6.07, 6.45) is 0. The number of rotatable bonds is 4. The first-order valence-corrected chi connectivity index (χ1v) is 8.66. The molecule has 0 saturated heterocycles. The predicted molar refractivity (Wildman–Crippen MR) is 105 cm³/mol. The molecule has 0 fully saturated rings. The van der Waals surface area contributed by atoms with Crippen molar-refractivity contribution in [3.8, 4) is 0 Å². The third kappa shape index (κ3) is 4.60. The molecule has 0 saturated carbocycles. The summed E-state index contributed by atoms with van der Waals surface area (Å²) in [7, 11) is 0. The minimum absolute atomic E-state index is 0.0135. The molecule has 0 atom stereocenters. The van der Waals surface area contributed by atoms with Crippen LogP contribution in [0.2, 0.25) is 5.02 Å². The van der Waals surface area contributed by atoms with Gasteiger partial charge in [-0.3, -0.25) is 4.79 Å². The van der Waals surface area contributed by atoms with Gasteiger partial charge in [-0.1, -0.05) is 29.3 Å². The van der Waals surface area contributed by atoms with Crippen LogP contribution < -0.4 is 10.6 Å². The molecule has 27 heavy (non-hydrogen) atoms. The Hall–Kier alpha value is -2.99. The van der Waals surface area contributed by atoms with Crippen LogP contribution in [0.1, 0.15) is 27.3 Å². The second-order valence-electron chi connectivity index (χ2n) is 6.24. The summed E-state index contributed by atoms with van der Waals surface area (Å²) >= 11 is 5.79. The van der Waals surface area contributed by atoms with Gasteiger partial charge >= 0.3 is 0 Å². The molecule has 0 bridgehead atoms. The number of aromatic nitrogens is 2. The maximum atomic E-state index is 13.3. The molecular weight excluding hydrogens is 367 g/mol. The molecule has 1 amide bonds. The van der Waals surface area contributed by atoms with E-state index in [4.69, 9.17) is 11.6 Å². The fourth-order valence-electron chi connectivity index (χ4n) is 2.58. The van der Waals surface area contributed by atoms with Gasteiger partial charge in [-0.2, -0.15) is 0 Å². The molecule has 7 heteroatoms. The summed E-state index contributed by atoms with van der Waals surface area (Å²) in [6.45, 7) is 5.68. The maximum absolute atomic E-state index is 13.3. The first-order valence-electron chi connectivity index (χ1n) is 8.28. The highest BCUT2D eigenvalue weighted by Gasteiger charge is 2.13. The minimum Gasteiger partial charge on any atom is -0.324 e. The van der Waals surface area contributed by atoms with Crippen LogP contribution in [0.15, 0.2) is 42.5 Å². The average molecular weight is 385 g/mol. The third-order valence-corrected chi connectivity index (χ3v) is 4.18. The molecule has 2 aromatic carbocycles. The Morgan fingerprint density at radius 2 is 1.81 bits per heavy atom. The van der Waals surface area contributed by atoms with E-state index < -0.39 is 5.82 Å². The largest absolute Gasteiger partial charge is 0.324 e. The van der Waals surface area contributed by atoms with Gasteiger partial charge in [0, 0.05) is 17.1 Å². The number of nitrogens with one attached hydrogen (secondary N) is 2. The Labute approximate surface area is 161 Å². The van der Waals surface area contributed by atoms with Crippen molar-refractivity contribution in [3.63, 3.8) is 0 Å². The summed E-state index contributed by atoms with van der Waals surface area (Å²) in [5.74, 6) is -0.628. The van der Waals surface area contributed by atoms with E-state index in [0.717, 1.165) is 16.8 Å². The number of nitrogens with zero attached hydrogens (tertiary/aromatic N) is 2. The molecule has 138 valence electrons. The molecule has 0 aliphatic rings. The van der Waals surface area contributed by atoms with Crippen LogP contribution >= 0.6 is 11.6 Å². The Bertz CT molecular complexity index is 1020. The van der Waals surface area contributed by atoms with Gasteiger partial charge in [-0.15, -0.1) is 0 Å². The Morgan fingerprint density at radius 1 is 1.04 bits per heavy atom. The quantitative estimate of drug-likeness (QED) is 0.649. The average Bonchev–Trinajstić information content (AvgIpc) is 2.60. The highest BCUT2D eigenvalue weighted by atomic mass is 35.5. The Balaban J connectivity index is 1.83. The van der Waals surface area contributed by atoms with E-state index in [1.165, 1.54) is 18.2 Å². The van der Waals surface area contributed by atoms with Gasteiger partial charge in [-0.05, 0) is 56.7 Å². The SMILES string of the molecule is Cc1ccc(NC(=O)c2cc(C)nc(Nc3ccc(F)c(Cl)c3)n2)c(C)c1. The number of benzene rings is 2. The molecule has 0 unspecified atom stereocenters. The van der Waals surface area contributed by atoms with Crippen molar-refractivity contribution in [2.24, 2.45) is 0 Å². The van der Waals surface area contributed by atoms with E-state index in [-0.39, 0.29) is 22.6 Å². The third-order valence-electron chi connectivity index (χ3n) is 3.89. The van der Waals surface area contributed by atoms with Gasteiger partial charge in [0.25, 0.3) is 5.91 Å². The van der Waals surface area contributed by atoms with Crippen molar-refractivity contribution in [2.75, 3.05) is 10.6 Å². The van der Waals surface area contributed by atoms with E-state index in [9.17, 15) is 9.18 Å². The number of anilines is 3. The fraction of sp³-hybridized carbons (Fsp3) is 0.150. The number of hydrogen-bond donors (Lipinski definition) is 2. The van der Waals surface area contributed by atoms with Gasteiger partial charge in [0.15, 0.2) is 0 Å². The van der Waals surface area contributed by atoms with Gasteiger partial charge < -0.3 is 10.6 Å². The molecule has 3 rings (SSSR count). The van der Waals surface area contributed by atoms with E-state index in [1.807, 2.05) is 32.0 Å². The van der Waals surface area contributed by atoms with Gasteiger partial charge in [0.05, 0.1) is 5.02 Å². The standard InChI is InChI=1S/C20H18ClFN4O/c1-11-4-7-17(12(2)8-11)25-19(27)18-9-13(3)23-20(26-18)24-14-5-6-16(22)15(21)10-14/h4-10H,1-3H3,(H,25,27)(H,23,24,26). The number of carbonyl (C=O) groups excluding carboxylic acids is 1. The van der Waals surface area contributed by atoms with Crippen molar-refractivity contribution in [1.82, 2.24) is 9.97 Å². The number of aryl methyl sites for hydroxylation is 3. The van der Waals surface area contributed by atoms with Gasteiger partial charge in [-0.25, -0.2) is 14.4 Å². The zero-order valence-corrected chi connectivity index (χ0v) is 15.9. The summed E-state index contributed by atoms with van der Waals surface area (Å²) in [6, 6.07) is 11.6. The molecule has 1 heterocycles. The first kappa shape index (κ1) is 18.8. The van der Waals surface area contributed by atoms with Crippen LogP contribution in [0.3, 0.4) is 0 Å². The van der Waals surface area contributed by atoms with Crippen molar-refractivity contribution >= 4 is 34.8 Å². The van der Waals surface area contributed by atoms with Crippen LogP contribution in [-0.4, -0.2) is 15.9 Å². The summed E-state index contributed by atoms with van der Waals surface area (Å²) in [5, 5.41) is 5.78. The van der Waals surface area contributed by atoms with E-state index in [1.54, 1.807) is 13.0 Å². The zero-order chi connectivity index (χ0) is 19.6. The van der Waals surface area contributed by atoms with E-state index >= 15 is 0 Å². The molecule has 0 aliphatic heterocycles. The number of halogens is 2. The van der Waals surface area contributed by atoms with Gasteiger partial charge in [0.2, 0.25) is 5.95 Å². The van der Waals surface area contributed by atoms with Gasteiger partial charge in [0.1, 0.15) is 11.5 Å². The highest BCUT2D eigenvalue weighted by molar-refractivity contribution is 6.31. The fourth-order valence-corrected chi connectivity index (χ4v) is 2.76. The Kier molecular flexibility index (Phi) is 5.37. The van der Waals surface area contributed by atoms with Crippen LogP contribution in [0.4, 0.5) is 21.7 Å². The van der Waals surface area contributed by atoms with E-state index in [2.05, 4.69) is 20.6 Å². The van der Waals surface area contributed by atoms with Crippen LogP contribution in [0, 0.1) is 26.6 Å².